The summed E-state index contributed by atoms with van der Waals surface area (Å²) in [7, 11) is 4.00. The van der Waals surface area contributed by atoms with Crippen LogP contribution in [0.5, 0.6) is 0 Å². The molecule has 0 radical (unpaired) electrons. The fraction of sp³-hybridized carbons (Fsp3) is 0.533. The quantitative estimate of drug-likeness (QED) is 0.791. The predicted molar refractivity (Wildman–Crippen MR) is 77.0 cm³/mol. The van der Waals surface area contributed by atoms with Crippen molar-refractivity contribution in [3.05, 3.63) is 35.9 Å². The van der Waals surface area contributed by atoms with E-state index in [0.29, 0.717) is 13.2 Å². The van der Waals surface area contributed by atoms with Crippen LogP contribution in [0.25, 0.3) is 0 Å². The second-order valence-corrected chi connectivity index (χ2v) is 4.94. The highest BCUT2D eigenvalue weighted by Gasteiger charge is 2.20. The fourth-order valence-corrected chi connectivity index (χ4v) is 2.05. The lowest BCUT2D eigenvalue weighted by molar-refractivity contribution is 0.0802. The first kappa shape index (κ1) is 15.5. The number of likely N-dealkylation sites (N-methyl/N-ethyl adjacent to an activating group) is 2. The van der Waals surface area contributed by atoms with E-state index in [1.54, 1.807) is 4.90 Å². The van der Waals surface area contributed by atoms with E-state index in [2.05, 4.69) is 4.90 Å². The van der Waals surface area contributed by atoms with Crippen molar-refractivity contribution in [1.29, 1.82) is 0 Å². The molecule has 4 heteroatoms. The average Bonchev–Trinajstić information content (AvgIpc) is 2.37. The van der Waals surface area contributed by atoms with Crippen molar-refractivity contribution < 1.29 is 9.53 Å². The second-order valence-electron chi connectivity index (χ2n) is 4.94. The van der Waals surface area contributed by atoms with Crippen LogP contribution in [0.15, 0.2) is 30.3 Å². The van der Waals surface area contributed by atoms with E-state index < -0.39 is 0 Å². The van der Waals surface area contributed by atoms with Crippen LogP contribution in [0.3, 0.4) is 0 Å². The van der Waals surface area contributed by atoms with Crippen molar-refractivity contribution in [2.75, 3.05) is 27.2 Å². The third-order valence-electron chi connectivity index (χ3n) is 2.94. The molecule has 1 atom stereocenters. The van der Waals surface area contributed by atoms with Gasteiger partial charge in [0, 0.05) is 19.1 Å². The molecule has 0 N–H and O–H groups in total. The summed E-state index contributed by atoms with van der Waals surface area (Å²) in [6.07, 6.45) is -0.249. The zero-order valence-corrected chi connectivity index (χ0v) is 12.3. The van der Waals surface area contributed by atoms with Crippen LogP contribution < -0.4 is 0 Å². The van der Waals surface area contributed by atoms with E-state index in [1.807, 2.05) is 58.3 Å². The first-order chi connectivity index (χ1) is 9.04. The van der Waals surface area contributed by atoms with E-state index in [0.717, 1.165) is 12.1 Å². The van der Waals surface area contributed by atoms with E-state index in [1.165, 1.54) is 0 Å². The largest absolute Gasteiger partial charge is 0.445 e. The summed E-state index contributed by atoms with van der Waals surface area (Å²) in [5, 5.41) is 0. The monoisotopic (exact) mass is 264 g/mol. The van der Waals surface area contributed by atoms with Gasteiger partial charge in [-0.1, -0.05) is 30.3 Å². The molecule has 0 saturated carbocycles. The van der Waals surface area contributed by atoms with Gasteiger partial charge in [0.2, 0.25) is 0 Å². The summed E-state index contributed by atoms with van der Waals surface area (Å²) >= 11 is 0. The van der Waals surface area contributed by atoms with Gasteiger partial charge in [0.15, 0.2) is 0 Å². The Labute approximate surface area is 116 Å². The number of ether oxygens (including phenoxy) is 1. The second kappa shape index (κ2) is 7.79. The van der Waals surface area contributed by atoms with Gasteiger partial charge >= 0.3 is 6.09 Å². The Balaban J connectivity index is 2.50. The minimum absolute atomic E-state index is 0.142. The van der Waals surface area contributed by atoms with Crippen LogP contribution in [-0.4, -0.2) is 49.1 Å². The summed E-state index contributed by atoms with van der Waals surface area (Å²) in [6, 6.07) is 9.87. The van der Waals surface area contributed by atoms with Crippen LogP contribution in [0.2, 0.25) is 0 Å². The molecule has 1 rings (SSSR count). The molecule has 1 amide bonds. The maximum Gasteiger partial charge on any atom is 0.410 e. The van der Waals surface area contributed by atoms with Gasteiger partial charge in [0.05, 0.1) is 0 Å². The summed E-state index contributed by atoms with van der Waals surface area (Å²) in [5.41, 5.74) is 1.01. The van der Waals surface area contributed by atoms with Crippen molar-refractivity contribution >= 4 is 6.09 Å². The first-order valence-corrected chi connectivity index (χ1v) is 6.66. The molecule has 4 nitrogen and oxygen atoms in total. The number of hydrogen-bond acceptors (Lipinski definition) is 3. The van der Waals surface area contributed by atoms with Gasteiger partial charge in [-0.3, -0.25) is 0 Å². The van der Waals surface area contributed by atoms with Crippen LogP contribution in [0.4, 0.5) is 4.79 Å². The number of hydrogen-bond donors (Lipinski definition) is 0. The molecule has 0 saturated heterocycles. The minimum Gasteiger partial charge on any atom is -0.445 e. The molecule has 0 aliphatic heterocycles. The molecule has 1 unspecified atom stereocenters. The molecule has 19 heavy (non-hydrogen) atoms. The highest BCUT2D eigenvalue weighted by molar-refractivity contribution is 5.68. The maximum atomic E-state index is 12.1. The standard InChI is InChI=1S/C15H24N2O2/c1-5-17(13(2)11-16(3)4)15(18)19-12-14-9-7-6-8-10-14/h6-10,13H,5,11-12H2,1-4H3. The highest BCUT2D eigenvalue weighted by atomic mass is 16.6. The third kappa shape index (κ3) is 5.30. The van der Waals surface area contributed by atoms with Crippen molar-refractivity contribution in [2.45, 2.75) is 26.5 Å². The minimum atomic E-state index is -0.249. The first-order valence-electron chi connectivity index (χ1n) is 6.66. The predicted octanol–water partition coefficient (Wildman–Crippen LogP) is 2.60. The van der Waals surface area contributed by atoms with Crippen molar-refractivity contribution in [3.63, 3.8) is 0 Å². The number of carbonyl (C=O) groups excluding carboxylic acids is 1. The van der Waals surface area contributed by atoms with Crippen molar-refractivity contribution in [1.82, 2.24) is 9.80 Å². The summed E-state index contributed by atoms with van der Waals surface area (Å²) in [6.45, 7) is 5.81. The third-order valence-corrected chi connectivity index (χ3v) is 2.94. The van der Waals surface area contributed by atoms with Gasteiger partial charge in [-0.2, -0.15) is 0 Å². The molecule has 0 fully saturated rings. The molecule has 1 aromatic rings. The molecule has 0 heterocycles. The lowest BCUT2D eigenvalue weighted by Gasteiger charge is -2.29. The van der Waals surface area contributed by atoms with Gasteiger partial charge in [-0.15, -0.1) is 0 Å². The lowest BCUT2D eigenvalue weighted by Crippen LogP contribution is -2.43. The Bertz CT molecular complexity index is 379. The topological polar surface area (TPSA) is 32.8 Å². The Morgan fingerprint density at radius 1 is 1.26 bits per heavy atom. The molecule has 0 aliphatic carbocycles. The maximum absolute atomic E-state index is 12.1. The molecule has 0 aliphatic rings. The molecule has 0 aromatic heterocycles. The number of carbonyl (C=O) groups is 1. The Kier molecular flexibility index (Phi) is 6.36. The van der Waals surface area contributed by atoms with Gasteiger partial charge in [-0.25, -0.2) is 4.79 Å². The number of rotatable bonds is 6. The molecular formula is C15H24N2O2. The number of benzene rings is 1. The normalized spacial score (nSPS) is 12.3. The van der Waals surface area contributed by atoms with Gasteiger partial charge in [-0.05, 0) is 33.5 Å². The molecule has 1 aromatic carbocycles. The van der Waals surface area contributed by atoms with Crippen LogP contribution in [-0.2, 0) is 11.3 Å². The Morgan fingerprint density at radius 3 is 2.42 bits per heavy atom. The summed E-state index contributed by atoms with van der Waals surface area (Å²) in [5.74, 6) is 0. The molecule has 106 valence electrons. The molecule has 0 bridgehead atoms. The Morgan fingerprint density at radius 2 is 1.89 bits per heavy atom. The lowest BCUT2D eigenvalue weighted by atomic mass is 10.2. The van der Waals surface area contributed by atoms with Gasteiger partial charge in [0.25, 0.3) is 0 Å². The Hall–Kier alpha value is -1.55. The van der Waals surface area contributed by atoms with E-state index >= 15 is 0 Å². The van der Waals surface area contributed by atoms with E-state index in [4.69, 9.17) is 4.74 Å². The zero-order chi connectivity index (χ0) is 14.3. The van der Waals surface area contributed by atoms with Crippen LogP contribution in [0.1, 0.15) is 19.4 Å². The van der Waals surface area contributed by atoms with Crippen molar-refractivity contribution in [3.8, 4) is 0 Å². The van der Waals surface area contributed by atoms with E-state index in [-0.39, 0.29) is 12.1 Å². The van der Waals surface area contributed by atoms with Crippen LogP contribution in [0, 0.1) is 0 Å². The van der Waals surface area contributed by atoms with Crippen LogP contribution >= 0.6 is 0 Å². The summed E-state index contributed by atoms with van der Waals surface area (Å²) < 4.78 is 5.35. The highest BCUT2D eigenvalue weighted by Crippen LogP contribution is 2.06. The van der Waals surface area contributed by atoms with Gasteiger partial charge in [0.1, 0.15) is 6.61 Å². The van der Waals surface area contributed by atoms with E-state index in [9.17, 15) is 4.79 Å². The summed E-state index contributed by atoms with van der Waals surface area (Å²) in [4.78, 5) is 15.9. The average molecular weight is 264 g/mol. The van der Waals surface area contributed by atoms with Gasteiger partial charge < -0.3 is 14.5 Å². The number of nitrogens with zero attached hydrogens (tertiary/aromatic N) is 2. The SMILES string of the molecule is CCN(C(=O)OCc1ccccc1)C(C)CN(C)C. The molecule has 0 spiro atoms. The fourth-order valence-electron chi connectivity index (χ4n) is 2.05. The molecular weight excluding hydrogens is 240 g/mol. The smallest absolute Gasteiger partial charge is 0.410 e. The van der Waals surface area contributed by atoms with Crippen molar-refractivity contribution in [2.24, 2.45) is 0 Å². The zero-order valence-electron chi connectivity index (χ0n) is 12.3. The number of amides is 1.